The van der Waals surface area contributed by atoms with Gasteiger partial charge in [0, 0.05) is 19.7 Å². The molecule has 0 saturated heterocycles. The second kappa shape index (κ2) is 7.92. The van der Waals surface area contributed by atoms with Gasteiger partial charge in [-0.3, -0.25) is 4.68 Å². The molecule has 0 fully saturated rings. The summed E-state index contributed by atoms with van der Waals surface area (Å²) >= 11 is 3.64. The second-order valence-electron chi connectivity index (χ2n) is 4.63. The molecule has 1 unspecified atom stereocenters. The summed E-state index contributed by atoms with van der Waals surface area (Å²) in [5.74, 6) is 0.498. The molecule has 1 rings (SSSR count). The highest BCUT2D eigenvalue weighted by atomic mass is 79.9. The molecule has 0 aromatic carbocycles. The molecule has 0 amide bonds. The largest absolute Gasteiger partial charge is 0.396 e. The first kappa shape index (κ1) is 15.7. The van der Waals surface area contributed by atoms with Gasteiger partial charge in [-0.25, -0.2) is 0 Å². The van der Waals surface area contributed by atoms with Crippen molar-refractivity contribution in [2.75, 3.05) is 13.2 Å². The van der Waals surface area contributed by atoms with E-state index < -0.39 is 0 Å². The SMILES string of the molecule is CCc1nn(CC)c(CNCC(C)CCO)c1Br. The van der Waals surface area contributed by atoms with E-state index in [1.807, 2.05) is 4.68 Å². The minimum absolute atomic E-state index is 0.263. The highest BCUT2D eigenvalue weighted by Crippen LogP contribution is 2.22. The summed E-state index contributed by atoms with van der Waals surface area (Å²) in [5.41, 5.74) is 2.34. The Hall–Kier alpha value is -0.390. The minimum atomic E-state index is 0.263. The van der Waals surface area contributed by atoms with Crippen LogP contribution in [0.4, 0.5) is 0 Å². The third-order valence-corrected chi connectivity index (χ3v) is 4.02. The van der Waals surface area contributed by atoms with Gasteiger partial charge in [0.1, 0.15) is 0 Å². The molecule has 1 atom stereocenters. The molecule has 1 aromatic heterocycles. The number of nitrogens with zero attached hydrogens (tertiary/aromatic N) is 2. The van der Waals surface area contributed by atoms with E-state index in [0.29, 0.717) is 5.92 Å². The molecule has 18 heavy (non-hydrogen) atoms. The number of halogens is 1. The lowest BCUT2D eigenvalue weighted by Gasteiger charge is -2.12. The normalized spacial score (nSPS) is 12.9. The molecule has 0 aliphatic rings. The van der Waals surface area contributed by atoms with E-state index in [2.05, 4.69) is 47.1 Å². The van der Waals surface area contributed by atoms with Crippen LogP contribution in [0.2, 0.25) is 0 Å². The molecule has 4 nitrogen and oxygen atoms in total. The maximum atomic E-state index is 8.87. The summed E-state index contributed by atoms with van der Waals surface area (Å²) in [4.78, 5) is 0. The zero-order valence-corrected chi connectivity index (χ0v) is 13.1. The van der Waals surface area contributed by atoms with Gasteiger partial charge in [-0.1, -0.05) is 13.8 Å². The highest BCUT2D eigenvalue weighted by molar-refractivity contribution is 9.10. The Morgan fingerprint density at radius 3 is 2.72 bits per heavy atom. The van der Waals surface area contributed by atoms with Crippen LogP contribution in [0.5, 0.6) is 0 Å². The van der Waals surface area contributed by atoms with Crippen LogP contribution in [-0.4, -0.2) is 28.0 Å². The Balaban J connectivity index is 2.58. The Morgan fingerprint density at radius 2 is 2.17 bits per heavy atom. The predicted molar refractivity (Wildman–Crippen MR) is 77.6 cm³/mol. The van der Waals surface area contributed by atoms with Crippen LogP contribution in [0.15, 0.2) is 4.47 Å². The molecule has 104 valence electrons. The molecule has 1 aromatic rings. The standard InChI is InChI=1S/C13H24BrN3O/c1-4-11-13(14)12(17(5-2)16-11)9-15-8-10(3)6-7-18/h10,15,18H,4-9H2,1-3H3. The zero-order chi connectivity index (χ0) is 13.5. The Morgan fingerprint density at radius 1 is 1.44 bits per heavy atom. The molecule has 1 heterocycles. The molecular formula is C13H24BrN3O. The number of aliphatic hydroxyl groups excluding tert-OH is 1. The Bertz CT molecular complexity index is 365. The van der Waals surface area contributed by atoms with E-state index in [9.17, 15) is 0 Å². The minimum Gasteiger partial charge on any atom is -0.396 e. The van der Waals surface area contributed by atoms with Crippen molar-refractivity contribution in [3.63, 3.8) is 0 Å². The average Bonchev–Trinajstić information content (AvgIpc) is 2.66. The monoisotopic (exact) mass is 317 g/mol. The van der Waals surface area contributed by atoms with Gasteiger partial charge in [0.2, 0.25) is 0 Å². The van der Waals surface area contributed by atoms with Gasteiger partial charge in [-0.2, -0.15) is 5.10 Å². The van der Waals surface area contributed by atoms with Crippen molar-refractivity contribution in [3.8, 4) is 0 Å². The van der Waals surface area contributed by atoms with E-state index in [1.54, 1.807) is 0 Å². The summed E-state index contributed by atoms with van der Waals surface area (Å²) in [5, 5.41) is 16.9. The van der Waals surface area contributed by atoms with Gasteiger partial charge in [0.25, 0.3) is 0 Å². The van der Waals surface area contributed by atoms with Gasteiger partial charge in [-0.15, -0.1) is 0 Å². The highest BCUT2D eigenvalue weighted by Gasteiger charge is 2.13. The third-order valence-electron chi connectivity index (χ3n) is 3.10. The van der Waals surface area contributed by atoms with Gasteiger partial charge in [0.15, 0.2) is 0 Å². The fourth-order valence-corrected chi connectivity index (χ4v) is 2.65. The number of nitrogens with one attached hydrogen (secondary N) is 1. The molecule has 5 heteroatoms. The Labute approximate surface area is 118 Å². The van der Waals surface area contributed by atoms with E-state index in [1.165, 1.54) is 5.69 Å². The van der Waals surface area contributed by atoms with Gasteiger partial charge in [0.05, 0.1) is 15.9 Å². The molecule has 0 aliphatic heterocycles. The van der Waals surface area contributed by atoms with Crippen LogP contribution in [0.3, 0.4) is 0 Å². The maximum Gasteiger partial charge on any atom is 0.0767 e. The lowest BCUT2D eigenvalue weighted by Crippen LogP contribution is -2.23. The molecule has 0 aliphatic carbocycles. The molecule has 0 spiro atoms. The summed E-state index contributed by atoms with van der Waals surface area (Å²) in [6, 6.07) is 0. The van der Waals surface area contributed by atoms with Crippen LogP contribution in [0, 0.1) is 5.92 Å². The summed E-state index contributed by atoms with van der Waals surface area (Å²) in [6.45, 7) is 9.26. The lowest BCUT2D eigenvalue weighted by molar-refractivity contribution is 0.260. The number of aliphatic hydroxyl groups is 1. The van der Waals surface area contributed by atoms with Crippen LogP contribution in [0.1, 0.15) is 38.6 Å². The van der Waals surface area contributed by atoms with Crippen molar-refractivity contribution in [1.29, 1.82) is 0 Å². The van der Waals surface area contributed by atoms with Crippen LogP contribution in [-0.2, 0) is 19.5 Å². The van der Waals surface area contributed by atoms with Crippen molar-refractivity contribution in [1.82, 2.24) is 15.1 Å². The summed E-state index contributed by atoms with van der Waals surface area (Å²) < 4.78 is 3.18. The van der Waals surface area contributed by atoms with Crippen molar-refractivity contribution in [3.05, 3.63) is 15.9 Å². The van der Waals surface area contributed by atoms with Gasteiger partial charge >= 0.3 is 0 Å². The number of rotatable bonds is 8. The van der Waals surface area contributed by atoms with E-state index in [0.717, 1.165) is 42.6 Å². The van der Waals surface area contributed by atoms with Crippen molar-refractivity contribution < 1.29 is 5.11 Å². The predicted octanol–water partition coefficient (Wildman–Crippen LogP) is 2.34. The topological polar surface area (TPSA) is 50.1 Å². The van der Waals surface area contributed by atoms with Crippen molar-refractivity contribution in [2.24, 2.45) is 5.92 Å². The fourth-order valence-electron chi connectivity index (χ4n) is 1.95. The van der Waals surface area contributed by atoms with Crippen molar-refractivity contribution >= 4 is 15.9 Å². The molecule has 2 N–H and O–H groups in total. The lowest BCUT2D eigenvalue weighted by atomic mass is 10.1. The number of aromatic nitrogens is 2. The molecule has 0 bridgehead atoms. The van der Waals surface area contributed by atoms with Gasteiger partial charge < -0.3 is 10.4 Å². The number of aryl methyl sites for hydroxylation is 2. The van der Waals surface area contributed by atoms with Crippen LogP contribution in [0.25, 0.3) is 0 Å². The smallest absolute Gasteiger partial charge is 0.0767 e. The first-order valence-electron chi connectivity index (χ1n) is 6.69. The Kier molecular flexibility index (Phi) is 6.89. The number of hydrogen-bond acceptors (Lipinski definition) is 3. The van der Waals surface area contributed by atoms with Crippen molar-refractivity contribution in [2.45, 2.75) is 46.7 Å². The second-order valence-corrected chi connectivity index (χ2v) is 5.42. The summed E-state index contributed by atoms with van der Waals surface area (Å²) in [7, 11) is 0. The van der Waals surface area contributed by atoms with Crippen LogP contribution >= 0.6 is 15.9 Å². The quantitative estimate of drug-likeness (QED) is 0.773. The summed E-state index contributed by atoms with van der Waals surface area (Å²) in [6.07, 6.45) is 1.79. The fraction of sp³-hybridized carbons (Fsp3) is 0.769. The first-order chi connectivity index (χ1) is 8.63. The van der Waals surface area contributed by atoms with Crippen LogP contribution < -0.4 is 5.32 Å². The number of hydrogen-bond donors (Lipinski definition) is 2. The molecular weight excluding hydrogens is 294 g/mol. The first-order valence-corrected chi connectivity index (χ1v) is 7.48. The molecule has 0 saturated carbocycles. The third kappa shape index (κ3) is 4.07. The van der Waals surface area contributed by atoms with E-state index in [-0.39, 0.29) is 6.61 Å². The van der Waals surface area contributed by atoms with E-state index >= 15 is 0 Å². The average molecular weight is 318 g/mol. The molecule has 0 radical (unpaired) electrons. The maximum absolute atomic E-state index is 8.87. The zero-order valence-electron chi connectivity index (χ0n) is 11.5. The van der Waals surface area contributed by atoms with Gasteiger partial charge in [-0.05, 0) is 48.2 Å². The van der Waals surface area contributed by atoms with E-state index in [4.69, 9.17) is 5.11 Å².